The minimum atomic E-state index is -0.0654. The van der Waals surface area contributed by atoms with E-state index < -0.39 is 0 Å². The number of methoxy groups -OCH3 is 1. The summed E-state index contributed by atoms with van der Waals surface area (Å²) < 4.78 is 10.8. The number of carbonyl (C=O) groups is 1. The molecule has 5 heteroatoms. The molecule has 1 fully saturated rings. The van der Waals surface area contributed by atoms with Crippen molar-refractivity contribution in [2.24, 2.45) is 0 Å². The minimum Gasteiger partial charge on any atom is -0.493 e. The van der Waals surface area contributed by atoms with Crippen LogP contribution in [0.25, 0.3) is 6.08 Å². The van der Waals surface area contributed by atoms with Crippen molar-refractivity contribution in [1.82, 2.24) is 4.90 Å². The van der Waals surface area contributed by atoms with Crippen LogP contribution in [0.5, 0.6) is 11.5 Å². The minimum absolute atomic E-state index is 0.00699. The third kappa shape index (κ3) is 4.24. The molecule has 0 bridgehead atoms. The van der Waals surface area contributed by atoms with E-state index in [1.807, 2.05) is 25.1 Å². The predicted molar refractivity (Wildman–Crippen MR) is 85.0 cm³/mol. The Morgan fingerprint density at radius 1 is 1.41 bits per heavy atom. The molecule has 0 radical (unpaired) electrons. The molecule has 1 N–H and O–H groups in total. The summed E-state index contributed by atoms with van der Waals surface area (Å²) in [6.07, 6.45) is 5.35. The Labute approximate surface area is 131 Å². The van der Waals surface area contributed by atoms with Gasteiger partial charge in [0.05, 0.1) is 20.3 Å². The second-order valence-corrected chi connectivity index (χ2v) is 5.16. The Bertz CT molecular complexity index is 537. The fourth-order valence-corrected chi connectivity index (χ4v) is 2.29. The molecule has 0 heterocycles. The van der Waals surface area contributed by atoms with Gasteiger partial charge in [0.1, 0.15) is 0 Å². The van der Waals surface area contributed by atoms with E-state index in [0.717, 1.165) is 18.4 Å². The van der Waals surface area contributed by atoms with Gasteiger partial charge in [0.15, 0.2) is 11.5 Å². The highest BCUT2D eigenvalue weighted by atomic mass is 16.5. The highest BCUT2D eigenvalue weighted by Gasteiger charge is 2.30. The third-order valence-electron chi connectivity index (χ3n) is 3.52. The van der Waals surface area contributed by atoms with E-state index in [1.165, 1.54) is 0 Å². The first-order chi connectivity index (χ1) is 10.7. The van der Waals surface area contributed by atoms with Gasteiger partial charge in [-0.05, 0) is 43.5 Å². The van der Waals surface area contributed by atoms with Gasteiger partial charge in [-0.1, -0.05) is 6.07 Å². The highest BCUT2D eigenvalue weighted by Crippen LogP contribution is 2.29. The summed E-state index contributed by atoms with van der Waals surface area (Å²) >= 11 is 0. The van der Waals surface area contributed by atoms with Crippen molar-refractivity contribution in [2.45, 2.75) is 25.8 Å². The van der Waals surface area contributed by atoms with E-state index in [2.05, 4.69) is 0 Å². The van der Waals surface area contributed by atoms with Gasteiger partial charge in [0.2, 0.25) is 5.91 Å². The zero-order valence-electron chi connectivity index (χ0n) is 13.1. The number of ether oxygens (including phenoxy) is 2. The zero-order valence-corrected chi connectivity index (χ0v) is 13.1. The lowest BCUT2D eigenvalue weighted by Crippen LogP contribution is -2.34. The molecule has 120 valence electrons. The number of hydrogen-bond acceptors (Lipinski definition) is 4. The average molecular weight is 305 g/mol. The Morgan fingerprint density at radius 2 is 2.18 bits per heavy atom. The van der Waals surface area contributed by atoms with Crippen LogP contribution in [-0.4, -0.2) is 48.8 Å². The molecule has 1 amide bonds. The number of rotatable bonds is 8. The second-order valence-electron chi connectivity index (χ2n) is 5.16. The van der Waals surface area contributed by atoms with Crippen molar-refractivity contribution in [3.05, 3.63) is 29.8 Å². The molecule has 1 aliphatic carbocycles. The Morgan fingerprint density at radius 3 is 2.77 bits per heavy atom. The van der Waals surface area contributed by atoms with Gasteiger partial charge in [0.25, 0.3) is 0 Å². The molecule has 1 aromatic rings. The molecule has 0 spiro atoms. The van der Waals surface area contributed by atoms with E-state index in [0.29, 0.717) is 30.7 Å². The maximum Gasteiger partial charge on any atom is 0.246 e. The zero-order chi connectivity index (χ0) is 15.9. The van der Waals surface area contributed by atoms with Crippen LogP contribution in [0.3, 0.4) is 0 Å². The average Bonchev–Trinajstić information content (AvgIpc) is 3.36. The second kappa shape index (κ2) is 7.84. The van der Waals surface area contributed by atoms with Gasteiger partial charge in [-0.15, -0.1) is 0 Å². The van der Waals surface area contributed by atoms with E-state index in [4.69, 9.17) is 14.6 Å². The maximum absolute atomic E-state index is 12.2. The molecule has 0 aromatic heterocycles. The van der Waals surface area contributed by atoms with Crippen molar-refractivity contribution in [3.8, 4) is 11.5 Å². The molecular formula is C17H23NO4. The predicted octanol–water partition coefficient (Wildman–Crippen LogP) is 2.09. The normalized spacial score (nSPS) is 14.1. The van der Waals surface area contributed by atoms with Crippen molar-refractivity contribution >= 4 is 12.0 Å². The first-order valence-electron chi connectivity index (χ1n) is 7.60. The van der Waals surface area contributed by atoms with Crippen LogP contribution in [0.15, 0.2) is 24.3 Å². The number of amides is 1. The van der Waals surface area contributed by atoms with Gasteiger partial charge in [-0.2, -0.15) is 0 Å². The lowest BCUT2D eigenvalue weighted by atomic mass is 10.2. The fraction of sp³-hybridized carbons (Fsp3) is 0.471. The first-order valence-corrected chi connectivity index (χ1v) is 7.60. The van der Waals surface area contributed by atoms with Crippen LogP contribution in [0, 0.1) is 0 Å². The number of benzene rings is 1. The molecule has 1 aliphatic rings. The number of hydrogen-bond donors (Lipinski definition) is 1. The van der Waals surface area contributed by atoms with Crippen LogP contribution >= 0.6 is 0 Å². The third-order valence-corrected chi connectivity index (χ3v) is 3.52. The van der Waals surface area contributed by atoms with Gasteiger partial charge in [0, 0.05) is 18.7 Å². The standard InChI is InChI=1S/C17H23NO4/c1-3-22-15-8-4-13(12-16(15)21-2)5-9-17(20)18(10-11-19)14-6-7-14/h4-5,8-9,12,14,19H,3,6-7,10-11H2,1-2H3/b9-5+. The maximum atomic E-state index is 12.2. The van der Waals surface area contributed by atoms with Crippen LogP contribution in [0.2, 0.25) is 0 Å². The van der Waals surface area contributed by atoms with Crippen molar-refractivity contribution < 1.29 is 19.4 Å². The van der Waals surface area contributed by atoms with Gasteiger partial charge in [-0.25, -0.2) is 0 Å². The SMILES string of the molecule is CCOc1ccc(/C=C/C(=O)N(CCO)C2CC2)cc1OC. The number of carbonyl (C=O) groups excluding carboxylic acids is 1. The van der Waals surface area contributed by atoms with E-state index in [1.54, 1.807) is 24.2 Å². The molecule has 0 saturated heterocycles. The van der Waals surface area contributed by atoms with Crippen molar-refractivity contribution in [2.75, 3.05) is 26.9 Å². The topological polar surface area (TPSA) is 59.0 Å². The van der Waals surface area contributed by atoms with Crippen LogP contribution in [-0.2, 0) is 4.79 Å². The lowest BCUT2D eigenvalue weighted by molar-refractivity contribution is -0.127. The fourth-order valence-electron chi connectivity index (χ4n) is 2.29. The molecule has 1 saturated carbocycles. The number of aliphatic hydroxyl groups excluding tert-OH is 1. The summed E-state index contributed by atoms with van der Waals surface area (Å²) in [7, 11) is 1.59. The van der Waals surface area contributed by atoms with E-state index >= 15 is 0 Å². The lowest BCUT2D eigenvalue weighted by Gasteiger charge is -2.19. The number of nitrogens with zero attached hydrogens (tertiary/aromatic N) is 1. The smallest absolute Gasteiger partial charge is 0.246 e. The largest absolute Gasteiger partial charge is 0.493 e. The molecular weight excluding hydrogens is 282 g/mol. The van der Waals surface area contributed by atoms with E-state index in [-0.39, 0.29) is 12.5 Å². The van der Waals surface area contributed by atoms with Gasteiger partial charge < -0.3 is 19.5 Å². The van der Waals surface area contributed by atoms with Crippen LogP contribution < -0.4 is 9.47 Å². The summed E-state index contributed by atoms with van der Waals surface area (Å²) in [5.41, 5.74) is 0.869. The van der Waals surface area contributed by atoms with Crippen LogP contribution in [0.4, 0.5) is 0 Å². The molecule has 22 heavy (non-hydrogen) atoms. The Kier molecular flexibility index (Phi) is 5.83. The summed E-state index contributed by atoms with van der Waals surface area (Å²) in [4.78, 5) is 13.9. The summed E-state index contributed by atoms with van der Waals surface area (Å²) in [6.45, 7) is 2.87. The van der Waals surface area contributed by atoms with Crippen LogP contribution in [0.1, 0.15) is 25.3 Å². The highest BCUT2D eigenvalue weighted by molar-refractivity contribution is 5.92. The summed E-state index contributed by atoms with van der Waals surface area (Å²) in [5.74, 6) is 1.27. The first kappa shape index (κ1) is 16.4. The molecule has 5 nitrogen and oxygen atoms in total. The van der Waals surface area contributed by atoms with Gasteiger partial charge in [-0.3, -0.25) is 4.79 Å². The monoisotopic (exact) mass is 305 g/mol. The van der Waals surface area contributed by atoms with E-state index in [9.17, 15) is 4.79 Å². The molecule has 0 unspecified atom stereocenters. The molecule has 2 rings (SSSR count). The van der Waals surface area contributed by atoms with Crippen molar-refractivity contribution in [1.29, 1.82) is 0 Å². The van der Waals surface area contributed by atoms with Crippen molar-refractivity contribution in [3.63, 3.8) is 0 Å². The molecule has 1 aromatic carbocycles. The summed E-state index contributed by atoms with van der Waals surface area (Å²) in [5, 5.41) is 9.05. The van der Waals surface area contributed by atoms with Gasteiger partial charge >= 0.3 is 0 Å². The number of aliphatic hydroxyl groups is 1. The summed E-state index contributed by atoms with van der Waals surface area (Å²) in [6, 6.07) is 5.84. The Balaban J connectivity index is 2.06. The Hall–Kier alpha value is -2.01. The molecule has 0 atom stereocenters. The quantitative estimate of drug-likeness (QED) is 0.747. The molecule has 0 aliphatic heterocycles.